The number of ether oxygens (including phenoxy) is 1. The summed E-state index contributed by atoms with van der Waals surface area (Å²) >= 11 is 3.38. The molecular weight excluding hydrogens is 547 g/mol. The predicted molar refractivity (Wildman–Crippen MR) is 175 cm³/mol. The second kappa shape index (κ2) is 15.0. The van der Waals surface area contributed by atoms with E-state index in [1.54, 1.807) is 22.7 Å². The molecule has 220 valence electrons. The Labute approximate surface area is 254 Å². The lowest BCUT2D eigenvalue weighted by molar-refractivity contribution is 0.0651. The molecular formula is C35H45NO3S2. The number of thiophene rings is 2. The van der Waals surface area contributed by atoms with Gasteiger partial charge in [-0.25, -0.2) is 0 Å². The summed E-state index contributed by atoms with van der Waals surface area (Å²) in [7, 11) is 0. The van der Waals surface area contributed by atoms with Crippen LogP contribution >= 0.6 is 22.7 Å². The molecule has 41 heavy (non-hydrogen) atoms. The van der Waals surface area contributed by atoms with E-state index in [4.69, 9.17) is 4.74 Å². The third-order valence-electron chi connectivity index (χ3n) is 7.90. The first-order chi connectivity index (χ1) is 19.9. The summed E-state index contributed by atoms with van der Waals surface area (Å²) in [6.07, 6.45) is 12.3. The Kier molecular flexibility index (Phi) is 11.4. The molecule has 6 heteroatoms. The molecule has 0 bridgehead atoms. The summed E-state index contributed by atoms with van der Waals surface area (Å²) in [4.78, 5) is 33.0. The standard InChI is InChI=1S/C35H45NO3S2/c1-6-8-9-10-11-12-13-14-15-16-23-36-34(37)31-24(3)17-19-27(32(31)35(36)38)29-22-21-28(41-29)26(5)33(39-7-2)30-20-18-25(4)40-30/h17-22H,6-16,23H2,1-5H3/b33-26-. The van der Waals surface area contributed by atoms with Gasteiger partial charge in [0.05, 0.1) is 22.6 Å². The zero-order chi connectivity index (χ0) is 29.4. The largest absolute Gasteiger partial charge is 0.492 e. The van der Waals surface area contributed by atoms with E-state index in [-0.39, 0.29) is 11.8 Å². The summed E-state index contributed by atoms with van der Waals surface area (Å²) in [6.45, 7) is 11.5. The minimum absolute atomic E-state index is 0.139. The van der Waals surface area contributed by atoms with Gasteiger partial charge in [-0.05, 0) is 63.9 Å². The molecule has 0 radical (unpaired) electrons. The highest BCUT2D eigenvalue weighted by atomic mass is 32.1. The molecule has 0 N–H and O–H groups in total. The highest BCUT2D eigenvalue weighted by Gasteiger charge is 2.38. The molecule has 0 unspecified atom stereocenters. The zero-order valence-electron chi connectivity index (χ0n) is 25.4. The first-order valence-electron chi connectivity index (χ1n) is 15.4. The molecule has 0 spiro atoms. The molecule has 1 aliphatic heterocycles. The van der Waals surface area contributed by atoms with Crippen LogP contribution in [0.15, 0.2) is 36.4 Å². The summed E-state index contributed by atoms with van der Waals surface area (Å²) in [5.74, 6) is 0.618. The van der Waals surface area contributed by atoms with E-state index in [1.165, 1.54) is 61.1 Å². The van der Waals surface area contributed by atoms with Crippen molar-refractivity contribution in [2.45, 2.75) is 98.8 Å². The number of imide groups is 1. The average Bonchev–Trinajstić information content (AvgIpc) is 3.68. The van der Waals surface area contributed by atoms with Gasteiger partial charge in [0.15, 0.2) is 0 Å². The van der Waals surface area contributed by atoms with Gasteiger partial charge < -0.3 is 4.74 Å². The lowest BCUT2D eigenvalue weighted by Gasteiger charge is -2.13. The van der Waals surface area contributed by atoms with E-state index in [1.807, 2.05) is 26.0 Å². The molecule has 0 saturated heterocycles. The van der Waals surface area contributed by atoms with Crippen LogP contribution in [0.2, 0.25) is 0 Å². The van der Waals surface area contributed by atoms with Gasteiger partial charge >= 0.3 is 0 Å². The van der Waals surface area contributed by atoms with E-state index in [0.29, 0.717) is 24.3 Å². The molecule has 2 aromatic heterocycles. The van der Waals surface area contributed by atoms with Gasteiger partial charge in [0, 0.05) is 32.3 Å². The maximum absolute atomic E-state index is 13.6. The molecule has 3 aromatic rings. The van der Waals surface area contributed by atoms with Crippen molar-refractivity contribution in [3.8, 4) is 10.4 Å². The third kappa shape index (κ3) is 7.39. The number of aryl methyl sites for hydroxylation is 2. The predicted octanol–water partition coefficient (Wildman–Crippen LogP) is 10.5. The van der Waals surface area contributed by atoms with Crippen LogP contribution in [0, 0.1) is 13.8 Å². The second-order valence-corrected chi connectivity index (χ2v) is 13.5. The van der Waals surface area contributed by atoms with Gasteiger partial charge in [0.1, 0.15) is 5.76 Å². The lowest BCUT2D eigenvalue weighted by Crippen LogP contribution is -2.30. The number of carbonyl (C=O) groups is 2. The number of hydrogen-bond acceptors (Lipinski definition) is 5. The van der Waals surface area contributed by atoms with Crippen molar-refractivity contribution in [1.29, 1.82) is 0 Å². The summed E-state index contributed by atoms with van der Waals surface area (Å²) < 4.78 is 6.09. The Bertz CT molecular complexity index is 1380. The van der Waals surface area contributed by atoms with Crippen molar-refractivity contribution in [2.24, 2.45) is 0 Å². The number of allylic oxidation sites excluding steroid dienone is 1. The fourth-order valence-electron chi connectivity index (χ4n) is 5.59. The molecule has 3 heterocycles. The number of rotatable bonds is 16. The van der Waals surface area contributed by atoms with Gasteiger partial charge in [0.25, 0.3) is 11.8 Å². The third-order valence-corrected chi connectivity index (χ3v) is 10.1. The average molecular weight is 592 g/mol. The molecule has 1 aromatic carbocycles. The number of fused-ring (bicyclic) bond motifs is 1. The maximum atomic E-state index is 13.6. The number of unbranched alkanes of at least 4 members (excludes halogenated alkanes) is 9. The fraction of sp³-hybridized carbons (Fsp3) is 0.486. The Morgan fingerprint density at radius 1 is 0.732 bits per heavy atom. The van der Waals surface area contributed by atoms with Gasteiger partial charge in [-0.15, -0.1) is 22.7 Å². The van der Waals surface area contributed by atoms with Crippen LogP contribution in [0.4, 0.5) is 0 Å². The Morgan fingerprint density at radius 3 is 2.00 bits per heavy atom. The maximum Gasteiger partial charge on any atom is 0.262 e. The van der Waals surface area contributed by atoms with Gasteiger partial charge in [-0.2, -0.15) is 0 Å². The van der Waals surface area contributed by atoms with Crippen LogP contribution in [0.5, 0.6) is 0 Å². The second-order valence-electron chi connectivity index (χ2n) is 11.1. The Balaban J connectivity index is 1.46. The lowest BCUT2D eigenvalue weighted by atomic mass is 9.97. The van der Waals surface area contributed by atoms with Crippen molar-refractivity contribution < 1.29 is 14.3 Å². The molecule has 0 atom stereocenters. The molecule has 2 amide bonds. The summed E-state index contributed by atoms with van der Waals surface area (Å²) in [6, 6.07) is 12.4. The zero-order valence-corrected chi connectivity index (χ0v) is 27.1. The van der Waals surface area contributed by atoms with Gasteiger partial charge in [0.2, 0.25) is 0 Å². The van der Waals surface area contributed by atoms with Crippen molar-refractivity contribution in [1.82, 2.24) is 4.90 Å². The Hall–Kier alpha value is -2.70. The number of benzene rings is 1. The minimum atomic E-state index is -0.147. The van der Waals surface area contributed by atoms with Crippen molar-refractivity contribution in [2.75, 3.05) is 13.2 Å². The first-order valence-corrected chi connectivity index (χ1v) is 17.0. The molecule has 0 fully saturated rings. The highest BCUT2D eigenvalue weighted by Crippen LogP contribution is 2.41. The van der Waals surface area contributed by atoms with Gasteiger partial charge in [-0.1, -0.05) is 76.8 Å². The summed E-state index contributed by atoms with van der Waals surface area (Å²) in [5.41, 5.74) is 3.94. The molecule has 4 nitrogen and oxygen atoms in total. The monoisotopic (exact) mass is 591 g/mol. The van der Waals surface area contributed by atoms with Crippen LogP contribution in [-0.4, -0.2) is 29.9 Å². The molecule has 0 aliphatic carbocycles. The van der Waals surface area contributed by atoms with E-state index in [0.717, 1.165) is 49.9 Å². The minimum Gasteiger partial charge on any atom is -0.492 e. The fourth-order valence-corrected chi connectivity index (χ4v) is 7.55. The number of amides is 2. The SMILES string of the molecule is CCCCCCCCCCCCN1C(=O)c2c(C)ccc(-c3ccc(/C(C)=C(\OCC)c4ccc(C)s4)s3)c2C1=O. The smallest absolute Gasteiger partial charge is 0.262 e. The van der Waals surface area contributed by atoms with E-state index >= 15 is 0 Å². The van der Waals surface area contributed by atoms with Crippen LogP contribution in [0.25, 0.3) is 21.8 Å². The first kappa shape index (κ1) is 31.2. The van der Waals surface area contributed by atoms with Crippen LogP contribution in [-0.2, 0) is 4.74 Å². The quantitative estimate of drug-likeness (QED) is 0.0945. The number of nitrogens with zero attached hydrogens (tertiary/aromatic N) is 1. The molecule has 4 rings (SSSR count). The van der Waals surface area contributed by atoms with E-state index in [9.17, 15) is 9.59 Å². The van der Waals surface area contributed by atoms with Crippen molar-refractivity contribution in [3.05, 3.63) is 67.7 Å². The van der Waals surface area contributed by atoms with Gasteiger partial charge in [-0.3, -0.25) is 14.5 Å². The number of hydrogen-bond donors (Lipinski definition) is 0. The van der Waals surface area contributed by atoms with Crippen LogP contribution < -0.4 is 0 Å². The topological polar surface area (TPSA) is 46.6 Å². The Morgan fingerprint density at radius 2 is 1.37 bits per heavy atom. The van der Waals surface area contributed by atoms with Crippen LogP contribution in [0.3, 0.4) is 0 Å². The van der Waals surface area contributed by atoms with Crippen molar-refractivity contribution >= 4 is 45.8 Å². The van der Waals surface area contributed by atoms with E-state index < -0.39 is 0 Å². The molecule has 1 aliphatic rings. The summed E-state index contributed by atoms with van der Waals surface area (Å²) in [5, 5.41) is 0. The highest BCUT2D eigenvalue weighted by molar-refractivity contribution is 7.16. The number of carbonyl (C=O) groups excluding carboxylic acids is 2. The van der Waals surface area contributed by atoms with Crippen LogP contribution in [0.1, 0.15) is 126 Å². The van der Waals surface area contributed by atoms with Crippen molar-refractivity contribution in [3.63, 3.8) is 0 Å². The van der Waals surface area contributed by atoms with E-state index in [2.05, 4.69) is 45.0 Å². The normalized spacial score (nSPS) is 13.6. The molecule has 0 saturated carbocycles.